The molecule has 1 fully saturated rings. The Morgan fingerprint density at radius 2 is 1.73 bits per heavy atom. The van der Waals surface area contributed by atoms with Crippen LogP contribution in [0.1, 0.15) is 11.1 Å². The molecule has 1 aromatic carbocycles. The number of anilines is 1. The van der Waals surface area contributed by atoms with E-state index in [4.69, 9.17) is 5.73 Å². The lowest BCUT2D eigenvalue weighted by molar-refractivity contribution is -0.144. The molecule has 2 amide bonds. The van der Waals surface area contributed by atoms with Gasteiger partial charge in [-0.15, -0.1) is 0 Å². The van der Waals surface area contributed by atoms with Gasteiger partial charge in [0.1, 0.15) is 0 Å². The number of hydrogen-bond donors (Lipinski definition) is 2. The molecule has 120 valence electrons. The predicted molar refractivity (Wildman–Crippen MR) is 86.6 cm³/mol. The Balaban J connectivity index is 1.94. The zero-order chi connectivity index (χ0) is 16.1. The van der Waals surface area contributed by atoms with E-state index < -0.39 is 11.8 Å². The highest BCUT2D eigenvalue weighted by Crippen LogP contribution is 2.19. The summed E-state index contributed by atoms with van der Waals surface area (Å²) in [6.07, 6.45) is 0. The Labute approximate surface area is 131 Å². The first-order valence-electron chi connectivity index (χ1n) is 7.62. The van der Waals surface area contributed by atoms with Crippen molar-refractivity contribution in [3.8, 4) is 0 Å². The van der Waals surface area contributed by atoms with Crippen LogP contribution in [0.4, 0.5) is 5.69 Å². The van der Waals surface area contributed by atoms with E-state index in [1.165, 1.54) is 0 Å². The van der Waals surface area contributed by atoms with Crippen molar-refractivity contribution in [3.05, 3.63) is 29.3 Å². The first kappa shape index (κ1) is 16.5. The van der Waals surface area contributed by atoms with E-state index in [9.17, 15) is 9.59 Å². The molecule has 0 radical (unpaired) electrons. The largest absolute Gasteiger partial charge is 0.332 e. The van der Waals surface area contributed by atoms with E-state index >= 15 is 0 Å². The lowest BCUT2D eigenvalue weighted by Gasteiger charge is -2.34. The zero-order valence-electron chi connectivity index (χ0n) is 13.3. The van der Waals surface area contributed by atoms with Crippen molar-refractivity contribution in [2.24, 2.45) is 5.73 Å². The summed E-state index contributed by atoms with van der Waals surface area (Å²) in [5.41, 5.74) is 8.16. The average molecular weight is 304 g/mol. The standard InChI is InChI=1S/C16H24N4O2/c1-12-4-3-5-13(2)14(12)18-15(21)16(22)20-10-8-19(7-6-17)9-11-20/h3-5H,6-11,17H2,1-2H3,(H,18,21). The van der Waals surface area contributed by atoms with Gasteiger partial charge in [-0.1, -0.05) is 18.2 Å². The van der Waals surface area contributed by atoms with E-state index in [2.05, 4.69) is 10.2 Å². The number of carbonyl (C=O) groups excluding carboxylic acids is 2. The first-order valence-corrected chi connectivity index (χ1v) is 7.62. The van der Waals surface area contributed by atoms with Crippen LogP contribution in [-0.4, -0.2) is 60.9 Å². The van der Waals surface area contributed by atoms with Gasteiger partial charge in [-0.2, -0.15) is 0 Å². The summed E-state index contributed by atoms with van der Waals surface area (Å²) in [5.74, 6) is -1.03. The maximum Gasteiger partial charge on any atom is 0.313 e. The Hall–Kier alpha value is -1.92. The second-order valence-corrected chi connectivity index (χ2v) is 5.64. The maximum atomic E-state index is 12.3. The molecule has 0 saturated carbocycles. The van der Waals surface area contributed by atoms with Crippen LogP contribution in [0.2, 0.25) is 0 Å². The fourth-order valence-corrected chi connectivity index (χ4v) is 2.68. The van der Waals surface area contributed by atoms with Crippen LogP contribution in [-0.2, 0) is 9.59 Å². The molecule has 0 spiro atoms. The smallest absolute Gasteiger partial charge is 0.313 e. The molecule has 1 aromatic rings. The number of aryl methyl sites for hydroxylation is 2. The van der Waals surface area contributed by atoms with Gasteiger partial charge in [0.25, 0.3) is 0 Å². The van der Waals surface area contributed by atoms with Crippen LogP contribution in [0.5, 0.6) is 0 Å². The molecule has 0 aromatic heterocycles. The fourth-order valence-electron chi connectivity index (χ4n) is 2.68. The number of hydrogen-bond acceptors (Lipinski definition) is 4. The molecule has 22 heavy (non-hydrogen) atoms. The third-order valence-corrected chi connectivity index (χ3v) is 4.02. The molecule has 3 N–H and O–H groups in total. The molecule has 1 heterocycles. The Morgan fingerprint density at radius 3 is 2.27 bits per heavy atom. The number of amides is 2. The molecule has 0 atom stereocenters. The average Bonchev–Trinajstić information content (AvgIpc) is 2.51. The normalized spacial score (nSPS) is 15.7. The van der Waals surface area contributed by atoms with E-state index in [1.54, 1.807) is 4.90 Å². The van der Waals surface area contributed by atoms with E-state index in [0.29, 0.717) is 19.6 Å². The van der Waals surface area contributed by atoms with Gasteiger partial charge in [0.05, 0.1) is 0 Å². The molecular formula is C16H24N4O2. The van der Waals surface area contributed by atoms with Gasteiger partial charge < -0.3 is 16.0 Å². The molecule has 0 aliphatic carbocycles. The highest BCUT2D eigenvalue weighted by molar-refractivity contribution is 6.39. The number of nitrogens with zero attached hydrogens (tertiary/aromatic N) is 2. The molecule has 1 aliphatic heterocycles. The monoisotopic (exact) mass is 304 g/mol. The number of nitrogens with one attached hydrogen (secondary N) is 1. The van der Waals surface area contributed by atoms with Crippen LogP contribution in [0.15, 0.2) is 18.2 Å². The number of carbonyl (C=O) groups is 2. The van der Waals surface area contributed by atoms with Gasteiger partial charge in [0.15, 0.2) is 0 Å². The minimum absolute atomic E-state index is 0.463. The predicted octanol–water partition coefficient (Wildman–Crippen LogP) is 0.345. The summed E-state index contributed by atoms with van der Waals surface area (Å²) < 4.78 is 0. The van der Waals surface area contributed by atoms with Gasteiger partial charge in [-0.05, 0) is 25.0 Å². The molecule has 6 heteroatoms. The Kier molecular flexibility index (Phi) is 5.51. The summed E-state index contributed by atoms with van der Waals surface area (Å²) in [6.45, 7) is 7.94. The third kappa shape index (κ3) is 3.84. The third-order valence-electron chi connectivity index (χ3n) is 4.02. The van der Waals surface area contributed by atoms with Gasteiger partial charge in [0, 0.05) is 45.0 Å². The second-order valence-electron chi connectivity index (χ2n) is 5.64. The van der Waals surface area contributed by atoms with Crippen molar-refractivity contribution in [2.45, 2.75) is 13.8 Å². The van der Waals surface area contributed by atoms with Crippen molar-refractivity contribution in [1.82, 2.24) is 9.80 Å². The highest BCUT2D eigenvalue weighted by Gasteiger charge is 2.26. The van der Waals surface area contributed by atoms with Gasteiger partial charge >= 0.3 is 11.8 Å². The number of rotatable bonds is 3. The van der Waals surface area contributed by atoms with E-state index in [0.717, 1.165) is 36.4 Å². The van der Waals surface area contributed by atoms with Crippen LogP contribution in [0.3, 0.4) is 0 Å². The van der Waals surface area contributed by atoms with Crippen molar-refractivity contribution < 1.29 is 9.59 Å². The van der Waals surface area contributed by atoms with Crippen molar-refractivity contribution in [1.29, 1.82) is 0 Å². The van der Waals surface area contributed by atoms with Crippen LogP contribution in [0.25, 0.3) is 0 Å². The van der Waals surface area contributed by atoms with Crippen molar-refractivity contribution >= 4 is 17.5 Å². The number of para-hydroxylation sites is 1. The summed E-state index contributed by atoms with van der Waals surface area (Å²) in [7, 11) is 0. The summed E-state index contributed by atoms with van der Waals surface area (Å²) >= 11 is 0. The zero-order valence-corrected chi connectivity index (χ0v) is 13.3. The Bertz CT molecular complexity index is 531. The maximum absolute atomic E-state index is 12.3. The Morgan fingerprint density at radius 1 is 1.14 bits per heavy atom. The molecule has 1 saturated heterocycles. The number of nitrogens with two attached hydrogens (primary N) is 1. The first-order chi connectivity index (χ1) is 10.5. The molecule has 1 aliphatic rings. The van der Waals surface area contributed by atoms with E-state index in [-0.39, 0.29) is 0 Å². The quantitative estimate of drug-likeness (QED) is 0.790. The minimum Gasteiger partial charge on any atom is -0.332 e. The van der Waals surface area contributed by atoms with Gasteiger partial charge in [0.2, 0.25) is 0 Å². The van der Waals surface area contributed by atoms with Crippen LogP contribution in [0, 0.1) is 13.8 Å². The lowest BCUT2D eigenvalue weighted by atomic mass is 10.1. The van der Waals surface area contributed by atoms with Crippen LogP contribution >= 0.6 is 0 Å². The molecule has 2 rings (SSSR count). The van der Waals surface area contributed by atoms with Crippen molar-refractivity contribution in [3.63, 3.8) is 0 Å². The van der Waals surface area contributed by atoms with Gasteiger partial charge in [-0.25, -0.2) is 0 Å². The second kappa shape index (κ2) is 7.38. The highest BCUT2D eigenvalue weighted by atomic mass is 16.2. The summed E-state index contributed by atoms with van der Waals surface area (Å²) in [4.78, 5) is 28.3. The SMILES string of the molecule is Cc1cccc(C)c1NC(=O)C(=O)N1CCN(CCN)CC1. The fraction of sp³-hybridized carbons (Fsp3) is 0.500. The van der Waals surface area contributed by atoms with Crippen molar-refractivity contribution in [2.75, 3.05) is 44.6 Å². The van der Waals surface area contributed by atoms with Crippen LogP contribution < -0.4 is 11.1 Å². The minimum atomic E-state index is -0.565. The summed E-state index contributed by atoms with van der Waals surface area (Å²) in [6, 6.07) is 5.76. The topological polar surface area (TPSA) is 78.7 Å². The molecule has 0 bridgehead atoms. The lowest BCUT2D eigenvalue weighted by Crippen LogP contribution is -2.52. The van der Waals surface area contributed by atoms with Gasteiger partial charge in [-0.3, -0.25) is 14.5 Å². The molecular weight excluding hydrogens is 280 g/mol. The molecule has 6 nitrogen and oxygen atoms in total. The van der Waals surface area contributed by atoms with E-state index in [1.807, 2.05) is 32.0 Å². The summed E-state index contributed by atoms with van der Waals surface area (Å²) in [5, 5.41) is 2.75. The number of benzene rings is 1. The number of piperazine rings is 1. The molecule has 0 unspecified atom stereocenters.